The van der Waals surface area contributed by atoms with Crippen LogP contribution in [-0.2, 0) is 0 Å². The minimum atomic E-state index is -3.17. The Kier molecular flexibility index (Phi) is 5.20. The van der Waals surface area contributed by atoms with Crippen LogP contribution in [0.2, 0.25) is 0 Å². The molecule has 2 aromatic rings. The number of rotatable bonds is 7. The Labute approximate surface area is 131 Å². The minimum absolute atomic E-state index is 0.142. The molecular weight excluding hydrogens is 311 g/mol. The highest BCUT2D eigenvalue weighted by atomic mass is 19.3. The Morgan fingerprint density at radius 1 is 1.13 bits per heavy atom. The lowest BCUT2D eigenvalue weighted by molar-refractivity contribution is -0.0498. The molecule has 1 atom stereocenters. The van der Waals surface area contributed by atoms with Gasteiger partial charge in [-0.3, -0.25) is 0 Å². The number of hydrogen-bond donors (Lipinski definition) is 2. The highest BCUT2D eigenvalue weighted by Crippen LogP contribution is 2.22. The summed E-state index contributed by atoms with van der Waals surface area (Å²) >= 11 is 0. The SMILES string of the molecule is CNc1nc(Nc2ccccc2)nc(OCC(C)(F)C(F)F)n1. The van der Waals surface area contributed by atoms with Gasteiger partial charge >= 0.3 is 6.01 Å². The topological polar surface area (TPSA) is 72.0 Å². The third kappa shape index (κ3) is 4.70. The van der Waals surface area contributed by atoms with Crippen molar-refractivity contribution in [3.63, 3.8) is 0 Å². The van der Waals surface area contributed by atoms with E-state index in [4.69, 9.17) is 4.74 Å². The lowest BCUT2D eigenvalue weighted by atomic mass is 10.2. The second-order valence-electron chi connectivity index (χ2n) is 4.87. The van der Waals surface area contributed by atoms with E-state index in [1.165, 1.54) is 0 Å². The summed E-state index contributed by atoms with van der Waals surface area (Å²) < 4.78 is 43.5. The van der Waals surface area contributed by atoms with Crippen molar-refractivity contribution < 1.29 is 17.9 Å². The molecule has 2 rings (SSSR count). The summed E-state index contributed by atoms with van der Waals surface area (Å²) in [5, 5.41) is 5.60. The molecule has 0 fully saturated rings. The first kappa shape index (κ1) is 16.8. The summed E-state index contributed by atoms with van der Waals surface area (Å²) in [6.07, 6.45) is -3.17. The Bertz CT molecular complexity index is 640. The van der Waals surface area contributed by atoms with Crippen LogP contribution in [0, 0.1) is 0 Å². The van der Waals surface area contributed by atoms with Crippen LogP contribution < -0.4 is 15.4 Å². The van der Waals surface area contributed by atoms with Gasteiger partial charge in [-0.15, -0.1) is 0 Å². The second-order valence-corrected chi connectivity index (χ2v) is 4.87. The van der Waals surface area contributed by atoms with E-state index in [1.54, 1.807) is 19.2 Å². The normalized spacial score (nSPS) is 13.5. The molecular formula is C14H16F3N5O. The zero-order valence-electron chi connectivity index (χ0n) is 12.6. The number of aromatic nitrogens is 3. The van der Waals surface area contributed by atoms with Crippen molar-refractivity contribution in [2.45, 2.75) is 19.0 Å². The van der Waals surface area contributed by atoms with E-state index in [0.717, 1.165) is 12.6 Å². The number of alkyl halides is 3. The maximum atomic E-state index is 13.6. The summed E-state index contributed by atoms with van der Waals surface area (Å²) in [6.45, 7) is -0.121. The molecule has 0 spiro atoms. The molecule has 23 heavy (non-hydrogen) atoms. The standard InChI is InChI=1S/C14H16F3N5O/c1-14(17,10(15)16)8-23-13-21-11(18-2)20-12(22-13)19-9-6-4-3-5-7-9/h3-7,10H,8H2,1-2H3,(H2,18,19,20,21,22). The minimum Gasteiger partial charge on any atom is -0.460 e. The van der Waals surface area contributed by atoms with E-state index in [2.05, 4.69) is 25.6 Å². The number of benzene rings is 1. The van der Waals surface area contributed by atoms with Crippen molar-refractivity contribution in [1.82, 2.24) is 15.0 Å². The molecule has 0 aliphatic carbocycles. The predicted molar refractivity (Wildman–Crippen MR) is 80.1 cm³/mol. The molecule has 1 aromatic carbocycles. The van der Waals surface area contributed by atoms with Crippen LogP contribution in [-0.4, -0.2) is 40.7 Å². The van der Waals surface area contributed by atoms with E-state index in [-0.39, 0.29) is 17.9 Å². The van der Waals surface area contributed by atoms with E-state index in [0.29, 0.717) is 0 Å². The predicted octanol–water partition coefficient (Wildman–Crippen LogP) is 3.03. The van der Waals surface area contributed by atoms with Crippen LogP contribution in [0.25, 0.3) is 0 Å². The van der Waals surface area contributed by atoms with E-state index in [1.807, 2.05) is 18.2 Å². The zero-order chi connectivity index (χ0) is 16.9. The molecule has 124 valence electrons. The van der Waals surface area contributed by atoms with Gasteiger partial charge in [0, 0.05) is 12.7 Å². The Morgan fingerprint density at radius 2 is 1.78 bits per heavy atom. The van der Waals surface area contributed by atoms with Crippen LogP contribution in [0.1, 0.15) is 6.92 Å². The first-order valence-electron chi connectivity index (χ1n) is 6.76. The summed E-state index contributed by atoms with van der Waals surface area (Å²) in [7, 11) is 1.57. The molecule has 6 nitrogen and oxygen atoms in total. The van der Waals surface area contributed by atoms with Crippen molar-refractivity contribution in [2.75, 3.05) is 24.3 Å². The second kappa shape index (κ2) is 7.12. The highest BCUT2D eigenvalue weighted by molar-refractivity contribution is 5.53. The lowest BCUT2D eigenvalue weighted by Crippen LogP contribution is -2.35. The third-order valence-corrected chi connectivity index (χ3v) is 2.81. The van der Waals surface area contributed by atoms with Crippen molar-refractivity contribution in [2.24, 2.45) is 0 Å². The van der Waals surface area contributed by atoms with Gasteiger partial charge in [0.1, 0.15) is 6.61 Å². The quantitative estimate of drug-likeness (QED) is 0.814. The number of nitrogens with one attached hydrogen (secondary N) is 2. The number of halogens is 3. The molecule has 0 saturated carbocycles. The largest absolute Gasteiger partial charge is 0.460 e. The van der Waals surface area contributed by atoms with E-state index in [9.17, 15) is 13.2 Å². The van der Waals surface area contributed by atoms with Gasteiger partial charge < -0.3 is 15.4 Å². The molecule has 0 aliphatic heterocycles. The molecule has 1 aromatic heterocycles. The van der Waals surface area contributed by atoms with Crippen molar-refractivity contribution in [3.8, 4) is 6.01 Å². The summed E-state index contributed by atoms with van der Waals surface area (Å²) in [4.78, 5) is 11.8. The van der Waals surface area contributed by atoms with Gasteiger partial charge in [-0.05, 0) is 19.1 Å². The van der Waals surface area contributed by atoms with Gasteiger partial charge in [0.2, 0.25) is 17.6 Å². The molecule has 0 radical (unpaired) electrons. The van der Waals surface area contributed by atoms with Crippen LogP contribution >= 0.6 is 0 Å². The van der Waals surface area contributed by atoms with Gasteiger partial charge in [-0.2, -0.15) is 15.0 Å². The number of hydrogen-bond acceptors (Lipinski definition) is 6. The Morgan fingerprint density at radius 3 is 2.39 bits per heavy atom. The number of para-hydroxylation sites is 1. The van der Waals surface area contributed by atoms with Crippen LogP contribution in [0.3, 0.4) is 0 Å². The number of ether oxygens (including phenoxy) is 1. The molecule has 9 heteroatoms. The molecule has 0 aliphatic rings. The van der Waals surface area contributed by atoms with Crippen LogP contribution in [0.5, 0.6) is 6.01 Å². The van der Waals surface area contributed by atoms with E-state index < -0.39 is 18.7 Å². The van der Waals surface area contributed by atoms with Gasteiger partial charge in [0.15, 0.2) is 0 Å². The van der Waals surface area contributed by atoms with Crippen LogP contribution in [0.4, 0.5) is 30.8 Å². The first-order chi connectivity index (χ1) is 10.9. The summed E-state index contributed by atoms with van der Waals surface area (Å²) in [5.74, 6) is 0.300. The number of anilines is 3. The third-order valence-electron chi connectivity index (χ3n) is 2.81. The average molecular weight is 327 g/mol. The van der Waals surface area contributed by atoms with Gasteiger partial charge in [0.25, 0.3) is 6.43 Å². The first-order valence-corrected chi connectivity index (χ1v) is 6.76. The van der Waals surface area contributed by atoms with Gasteiger partial charge in [-0.25, -0.2) is 13.2 Å². The molecule has 2 N–H and O–H groups in total. The van der Waals surface area contributed by atoms with Crippen molar-refractivity contribution in [1.29, 1.82) is 0 Å². The van der Waals surface area contributed by atoms with Gasteiger partial charge in [0.05, 0.1) is 0 Å². The number of nitrogens with zero attached hydrogens (tertiary/aromatic N) is 3. The molecule has 0 saturated heterocycles. The Balaban J connectivity index is 2.15. The maximum Gasteiger partial charge on any atom is 0.323 e. The monoisotopic (exact) mass is 327 g/mol. The smallest absolute Gasteiger partial charge is 0.323 e. The van der Waals surface area contributed by atoms with Crippen molar-refractivity contribution in [3.05, 3.63) is 30.3 Å². The average Bonchev–Trinajstić information content (AvgIpc) is 2.53. The molecule has 1 heterocycles. The molecule has 1 unspecified atom stereocenters. The molecule has 0 bridgehead atoms. The zero-order valence-corrected chi connectivity index (χ0v) is 12.6. The highest BCUT2D eigenvalue weighted by Gasteiger charge is 2.36. The fourth-order valence-corrected chi connectivity index (χ4v) is 1.51. The summed E-state index contributed by atoms with van der Waals surface area (Å²) in [5.41, 5.74) is -2.07. The van der Waals surface area contributed by atoms with Crippen LogP contribution in [0.15, 0.2) is 30.3 Å². The fraction of sp³-hybridized carbons (Fsp3) is 0.357. The fourth-order valence-electron chi connectivity index (χ4n) is 1.51. The molecule has 0 amide bonds. The Hall–Kier alpha value is -2.58. The maximum absolute atomic E-state index is 13.6. The van der Waals surface area contributed by atoms with Gasteiger partial charge in [-0.1, -0.05) is 18.2 Å². The lowest BCUT2D eigenvalue weighted by Gasteiger charge is -2.19. The van der Waals surface area contributed by atoms with Crippen molar-refractivity contribution >= 4 is 17.6 Å². The van der Waals surface area contributed by atoms with E-state index >= 15 is 0 Å². The summed E-state index contributed by atoms with van der Waals surface area (Å²) in [6, 6.07) is 8.80.